The number of aliphatic imine (C=N–C) groups is 1. The van der Waals surface area contributed by atoms with E-state index in [-0.39, 0.29) is 0 Å². The number of fused-ring (bicyclic) bond motifs is 1. The minimum absolute atomic E-state index is 0.538. The average molecular weight is 330 g/mol. The van der Waals surface area contributed by atoms with E-state index in [2.05, 4.69) is 21.9 Å². The van der Waals surface area contributed by atoms with Crippen LogP contribution in [0.25, 0.3) is 0 Å². The summed E-state index contributed by atoms with van der Waals surface area (Å²) in [5.74, 6) is 3.15. The molecule has 0 radical (unpaired) electrons. The van der Waals surface area contributed by atoms with Crippen molar-refractivity contribution >= 4 is 29.3 Å². The highest BCUT2D eigenvalue weighted by atomic mass is 35.5. The van der Waals surface area contributed by atoms with Gasteiger partial charge < -0.3 is 20.1 Å². The van der Waals surface area contributed by atoms with Crippen molar-refractivity contribution in [2.45, 2.75) is 6.54 Å². The van der Waals surface area contributed by atoms with Gasteiger partial charge in [0.15, 0.2) is 17.5 Å². The Hall–Kier alpha value is -1.27. The minimum atomic E-state index is 0.538. The average Bonchev–Trinajstić information content (AvgIpc) is 2.51. The Kier molecular flexibility index (Phi) is 6.32. The number of nitrogens with one attached hydrogen (secondary N) is 2. The van der Waals surface area contributed by atoms with Crippen LogP contribution < -0.4 is 20.1 Å². The molecule has 0 aliphatic carbocycles. The van der Waals surface area contributed by atoms with E-state index in [0.717, 1.165) is 23.8 Å². The Morgan fingerprint density at radius 2 is 2.14 bits per heavy atom. The van der Waals surface area contributed by atoms with Crippen LogP contribution in [0.4, 0.5) is 0 Å². The lowest BCUT2D eigenvalue weighted by Gasteiger charge is -2.20. The lowest BCUT2D eigenvalue weighted by Crippen LogP contribution is -2.37. The van der Waals surface area contributed by atoms with Crippen molar-refractivity contribution in [3.8, 4) is 11.5 Å². The molecule has 0 saturated heterocycles. The highest BCUT2D eigenvalue weighted by Crippen LogP contribution is 2.38. The van der Waals surface area contributed by atoms with Crippen LogP contribution in [0.1, 0.15) is 5.56 Å². The van der Waals surface area contributed by atoms with Crippen molar-refractivity contribution in [2.75, 3.05) is 38.8 Å². The smallest absolute Gasteiger partial charge is 0.191 e. The summed E-state index contributed by atoms with van der Waals surface area (Å²) in [6.07, 6.45) is 2.08. The number of rotatable bonds is 5. The topological polar surface area (TPSA) is 54.9 Å². The Labute approximate surface area is 134 Å². The van der Waals surface area contributed by atoms with Crippen LogP contribution in [-0.2, 0) is 6.54 Å². The molecule has 1 aromatic carbocycles. The van der Waals surface area contributed by atoms with Gasteiger partial charge in [0.05, 0.1) is 5.02 Å². The van der Waals surface area contributed by atoms with Crippen LogP contribution in [0.5, 0.6) is 11.5 Å². The maximum Gasteiger partial charge on any atom is 0.191 e. The van der Waals surface area contributed by atoms with Crippen LogP contribution in [0.2, 0.25) is 5.02 Å². The molecule has 1 aliphatic heterocycles. The summed E-state index contributed by atoms with van der Waals surface area (Å²) in [6.45, 7) is 2.59. The molecule has 2 rings (SSSR count). The van der Waals surface area contributed by atoms with Crippen LogP contribution in [0.15, 0.2) is 17.1 Å². The monoisotopic (exact) mass is 329 g/mol. The molecule has 0 fully saturated rings. The van der Waals surface area contributed by atoms with Crippen molar-refractivity contribution in [3.05, 3.63) is 22.7 Å². The molecule has 1 aliphatic rings. The summed E-state index contributed by atoms with van der Waals surface area (Å²) in [4.78, 5) is 4.18. The molecule has 21 heavy (non-hydrogen) atoms. The maximum atomic E-state index is 6.22. The van der Waals surface area contributed by atoms with Gasteiger partial charge in [0.1, 0.15) is 13.2 Å². The number of nitrogens with zero attached hydrogens (tertiary/aromatic N) is 1. The van der Waals surface area contributed by atoms with Gasteiger partial charge in [0, 0.05) is 25.9 Å². The number of guanidine groups is 1. The van der Waals surface area contributed by atoms with Crippen LogP contribution in [0, 0.1) is 0 Å². The van der Waals surface area contributed by atoms with Gasteiger partial charge >= 0.3 is 0 Å². The van der Waals surface area contributed by atoms with Crippen molar-refractivity contribution in [1.82, 2.24) is 10.6 Å². The van der Waals surface area contributed by atoms with E-state index in [1.165, 1.54) is 0 Å². The summed E-state index contributed by atoms with van der Waals surface area (Å²) in [5.41, 5.74) is 1.03. The Bertz CT molecular complexity index is 511. The second-order valence-electron chi connectivity index (χ2n) is 4.45. The molecule has 0 unspecified atom stereocenters. The predicted molar refractivity (Wildman–Crippen MR) is 89.0 cm³/mol. The Morgan fingerprint density at radius 3 is 2.90 bits per heavy atom. The van der Waals surface area contributed by atoms with Crippen LogP contribution in [0.3, 0.4) is 0 Å². The molecule has 5 nitrogen and oxygen atoms in total. The zero-order chi connectivity index (χ0) is 15.1. The number of ether oxygens (including phenoxy) is 2. The van der Waals surface area contributed by atoms with Gasteiger partial charge in [-0.1, -0.05) is 11.6 Å². The van der Waals surface area contributed by atoms with Gasteiger partial charge in [-0.2, -0.15) is 11.8 Å². The number of halogens is 1. The van der Waals surface area contributed by atoms with E-state index in [1.54, 1.807) is 18.8 Å². The first-order valence-electron chi connectivity index (χ1n) is 6.76. The first kappa shape index (κ1) is 16.1. The predicted octanol–water partition coefficient (Wildman–Crippen LogP) is 2.14. The third kappa shape index (κ3) is 4.61. The van der Waals surface area contributed by atoms with E-state index in [4.69, 9.17) is 21.1 Å². The first-order valence-corrected chi connectivity index (χ1v) is 8.53. The number of hydrogen-bond acceptors (Lipinski definition) is 4. The van der Waals surface area contributed by atoms with E-state index in [9.17, 15) is 0 Å². The number of benzene rings is 1. The molecule has 0 spiro atoms. The highest BCUT2D eigenvalue weighted by molar-refractivity contribution is 7.98. The SMILES string of the molecule is CN=C(NCCSC)NCc1cc(Cl)c2c(c1)OCCO2. The third-order valence-corrected chi connectivity index (χ3v) is 3.83. The summed E-state index contributed by atoms with van der Waals surface area (Å²) >= 11 is 8.01. The molecule has 2 N–H and O–H groups in total. The van der Waals surface area contributed by atoms with E-state index >= 15 is 0 Å². The highest BCUT2D eigenvalue weighted by Gasteiger charge is 2.16. The van der Waals surface area contributed by atoms with Gasteiger partial charge in [0.2, 0.25) is 0 Å². The quantitative estimate of drug-likeness (QED) is 0.492. The molecule has 0 saturated carbocycles. The summed E-state index contributed by atoms with van der Waals surface area (Å²) in [5, 5.41) is 7.08. The molecule has 0 amide bonds. The molecule has 0 atom stereocenters. The zero-order valence-electron chi connectivity index (χ0n) is 12.2. The van der Waals surface area contributed by atoms with Crippen molar-refractivity contribution in [3.63, 3.8) is 0 Å². The third-order valence-electron chi connectivity index (χ3n) is 2.94. The van der Waals surface area contributed by atoms with E-state index in [0.29, 0.717) is 36.3 Å². The van der Waals surface area contributed by atoms with Gasteiger partial charge in [-0.3, -0.25) is 4.99 Å². The largest absolute Gasteiger partial charge is 0.486 e. The van der Waals surface area contributed by atoms with Crippen LogP contribution >= 0.6 is 23.4 Å². The molecular weight excluding hydrogens is 310 g/mol. The minimum Gasteiger partial charge on any atom is -0.486 e. The Balaban J connectivity index is 1.95. The van der Waals surface area contributed by atoms with Crippen molar-refractivity contribution < 1.29 is 9.47 Å². The number of thioether (sulfide) groups is 1. The molecule has 116 valence electrons. The second-order valence-corrected chi connectivity index (χ2v) is 5.84. The van der Waals surface area contributed by atoms with E-state index < -0.39 is 0 Å². The Morgan fingerprint density at radius 1 is 1.33 bits per heavy atom. The summed E-state index contributed by atoms with van der Waals surface area (Å²) in [6, 6.07) is 3.83. The van der Waals surface area contributed by atoms with Crippen molar-refractivity contribution in [2.24, 2.45) is 4.99 Å². The van der Waals surface area contributed by atoms with Crippen molar-refractivity contribution in [1.29, 1.82) is 0 Å². The lowest BCUT2D eigenvalue weighted by molar-refractivity contribution is 0.171. The maximum absolute atomic E-state index is 6.22. The first-order chi connectivity index (χ1) is 10.2. The molecule has 0 aromatic heterocycles. The number of hydrogen-bond donors (Lipinski definition) is 2. The normalized spacial score (nSPS) is 14.0. The van der Waals surface area contributed by atoms with Gasteiger partial charge in [-0.05, 0) is 24.0 Å². The second kappa shape index (κ2) is 8.24. The zero-order valence-corrected chi connectivity index (χ0v) is 13.8. The van der Waals surface area contributed by atoms with Gasteiger partial charge in [-0.15, -0.1) is 0 Å². The fraction of sp³-hybridized carbons (Fsp3) is 0.500. The lowest BCUT2D eigenvalue weighted by atomic mass is 10.2. The fourth-order valence-electron chi connectivity index (χ4n) is 1.94. The van der Waals surface area contributed by atoms with Gasteiger partial charge in [0.25, 0.3) is 0 Å². The molecule has 1 aromatic rings. The van der Waals surface area contributed by atoms with Crippen LogP contribution in [-0.4, -0.2) is 44.8 Å². The summed E-state index contributed by atoms with van der Waals surface area (Å²) < 4.78 is 11.1. The molecular formula is C14H20ClN3O2S. The molecule has 1 heterocycles. The van der Waals surface area contributed by atoms with E-state index in [1.807, 2.05) is 12.1 Å². The van der Waals surface area contributed by atoms with Gasteiger partial charge in [-0.25, -0.2) is 0 Å². The summed E-state index contributed by atoms with van der Waals surface area (Å²) in [7, 11) is 1.76. The standard InChI is InChI=1S/C14H20ClN3O2S/c1-16-14(17-3-6-21-2)18-9-10-7-11(15)13-12(8-10)19-4-5-20-13/h7-8H,3-6,9H2,1-2H3,(H2,16,17,18). The fourth-order valence-corrected chi connectivity index (χ4v) is 2.54. The molecule has 0 bridgehead atoms. The molecule has 7 heteroatoms.